The highest BCUT2D eigenvalue weighted by atomic mass is 32.1. The molecule has 0 radical (unpaired) electrons. The average Bonchev–Trinajstić information content (AvgIpc) is 3.79. The first-order chi connectivity index (χ1) is 25.0. The molecule has 10 aromatic rings. The van der Waals surface area contributed by atoms with Crippen molar-refractivity contribution in [1.29, 1.82) is 0 Å². The maximum atomic E-state index is 5.45. The Kier molecular flexibility index (Phi) is 5.85. The third-order valence-corrected chi connectivity index (χ3v) is 11.9. The van der Waals surface area contributed by atoms with Crippen LogP contribution >= 0.6 is 11.3 Å². The summed E-state index contributed by atoms with van der Waals surface area (Å²) in [4.78, 5) is 16.1. The van der Waals surface area contributed by atoms with Crippen LogP contribution in [0.25, 0.3) is 92.3 Å². The van der Waals surface area contributed by atoms with E-state index in [4.69, 9.17) is 9.97 Å². The number of benzene rings is 6. The van der Waals surface area contributed by atoms with Gasteiger partial charge in [-0.3, -0.25) is 9.55 Å². The largest absolute Gasteiger partial charge is 0.293 e. The Hall–Kier alpha value is -6.17. The summed E-state index contributed by atoms with van der Waals surface area (Å²) in [5, 5.41) is 7.07. The molecule has 0 fully saturated rings. The first kappa shape index (κ1) is 28.6. The number of thiophene rings is 1. The summed E-state index contributed by atoms with van der Waals surface area (Å²) in [7, 11) is 0. The summed E-state index contributed by atoms with van der Waals surface area (Å²) in [6, 6.07) is 48.5. The maximum absolute atomic E-state index is 5.45. The molecular formula is C46H30N4S. The fourth-order valence-electron chi connectivity index (χ4n) is 8.58. The minimum atomic E-state index is -0.118. The zero-order chi connectivity index (χ0) is 33.8. The molecule has 4 nitrogen and oxygen atoms in total. The number of aromatic nitrogens is 4. The Morgan fingerprint density at radius 2 is 1.37 bits per heavy atom. The van der Waals surface area contributed by atoms with Crippen molar-refractivity contribution in [2.75, 3.05) is 0 Å². The van der Waals surface area contributed by atoms with E-state index in [2.05, 4.69) is 145 Å². The molecule has 0 amide bonds. The first-order valence-corrected chi connectivity index (χ1v) is 18.2. The van der Waals surface area contributed by atoms with Gasteiger partial charge in [-0.2, -0.15) is 0 Å². The summed E-state index contributed by atoms with van der Waals surface area (Å²) in [6.07, 6.45) is 3.65. The number of nitrogens with zero attached hydrogens (tertiary/aromatic N) is 4. The molecule has 0 aliphatic heterocycles. The van der Waals surface area contributed by atoms with Gasteiger partial charge in [0.15, 0.2) is 11.6 Å². The number of para-hydroxylation sites is 1. The molecule has 51 heavy (non-hydrogen) atoms. The maximum Gasteiger partial charge on any atom is 0.164 e. The zero-order valence-corrected chi connectivity index (χ0v) is 28.9. The average molecular weight is 671 g/mol. The SMILES string of the molecule is CC1(C)c2ccccc2-c2cccc(-c3ccc4sc5nc(-c6cccnc6)nc(-n6c7ccccc7c7cc8ccccc8cc76)c5c4c3)c21. The summed E-state index contributed by atoms with van der Waals surface area (Å²) < 4.78 is 3.55. The van der Waals surface area contributed by atoms with E-state index in [9.17, 15) is 0 Å². The van der Waals surface area contributed by atoms with Gasteiger partial charge in [-0.1, -0.05) is 105 Å². The van der Waals surface area contributed by atoms with Crippen LogP contribution in [0.15, 0.2) is 146 Å². The molecule has 0 unspecified atom stereocenters. The van der Waals surface area contributed by atoms with E-state index in [-0.39, 0.29) is 5.41 Å². The van der Waals surface area contributed by atoms with Gasteiger partial charge in [-0.25, -0.2) is 9.97 Å². The van der Waals surface area contributed by atoms with Crippen molar-refractivity contribution in [3.63, 3.8) is 0 Å². The first-order valence-electron chi connectivity index (χ1n) is 17.4. The van der Waals surface area contributed by atoms with Crippen LogP contribution in [0.3, 0.4) is 0 Å². The number of fused-ring (bicyclic) bond motifs is 10. The van der Waals surface area contributed by atoms with Gasteiger partial charge in [0.1, 0.15) is 4.83 Å². The lowest BCUT2D eigenvalue weighted by Crippen LogP contribution is -2.16. The number of hydrogen-bond acceptors (Lipinski definition) is 4. The van der Waals surface area contributed by atoms with Crippen LogP contribution in [0.5, 0.6) is 0 Å². The number of hydrogen-bond donors (Lipinski definition) is 0. The monoisotopic (exact) mass is 670 g/mol. The van der Waals surface area contributed by atoms with Crippen LogP contribution in [0.4, 0.5) is 0 Å². The predicted octanol–water partition coefficient (Wildman–Crippen LogP) is 12.1. The molecule has 5 heteroatoms. The minimum Gasteiger partial charge on any atom is -0.293 e. The van der Waals surface area contributed by atoms with Gasteiger partial charge in [0, 0.05) is 44.2 Å². The summed E-state index contributed by atoms with van der Waals surface area (Å²) in [5.74, 6) is 1.55. The molecule has 0 saturated carbocycles. The molecule has 11 rings (SSSR count). The van der Waals surface area contributed by atoms with Crippen LogP contribution in [-0.2, 0) is 5.41 Å². The highest BCUT2D eigenvalue weighted by molar-refractivity contribution is 7.25. The van der Waals surface area contributed by atoms with Crippen molar-refractivity contribution < 1.29 is 0 Å². The van der Waals surface area contributed by atoms with E-state index >= 15 is 0 Å². The molecule has 1 aliphatic rings. The van der Waals surface area contributed by atoms with E-state index in [1.54, 1.807) is 17.5 Å². The molecular weight excluding hydrogens is 641 g/mol. The highest BCUT2D eigenvalue weighted by Crippen LogP contribution is 2.52. The third kappa shape index (κ3) is 4.04. The molecule has 0 spiro atoms. The predicted molar refractivity (Wildman–Crippen MR) is 213 cm³/mol. The summed E-state index contributed by atoms with van der Waals surface area (Å²) in [5.41, 5.74) is 10.9. The second kappa shape index (κ2) is 10.4. The fourth-order valence-corrected chi connectivity index (χ4v) is 9.63. The Bertz CT molecular complexity index is 3060. The minimum absolute atomic E-state index is 0.118. The molecule has 240 valence electrons. The lowest BCUT2D eigenvalue weighted by Gasteiger charge is -2.24. The van der Waals surface area contributed by atoms with E-state index in [0.717, 1.165) is 38.0 Å². The van der Waals surface area contributed by atoms with Gasteiger partial charge in [0.05, 0.1) is 16.4 Å². The van der Waals surface area contributed by atoms with E-state index < -0.39 is 0 Å². The Morgan fingerprint density at radius 3 is 2.25 bits per heavy atom. The van der Waals surface area contributed by atoms with Gasteiger partial charge in [0.2, 0.25) is 0 Å². The molecule has 0 bridgehead atoms. The van der Waals surface area contributed by atoms with E-state index in [1.165, 1.54) is 59.6 Å². The molecule has 0 atom stereocenters. The molecule has 0 N–H and O–H groups in total. The van der Waals surface area contributed by atoms with Crippen molar-refractivity contribution in [3.8, 4) is 39.5 Å². The van der Waals surface area contributed by atoms with Crippen LogP contribution in [0, 0.1) is 0 Å². The third-order valence-electron chi connectivity index (χ3n) is 10.9. The van der Waals surface area contributed by atoms with Gasteiger partial charge < -0.3 is 0 Å². The van der Waals surface area contributed by atoms with Crippen LogP contribution in [0.1, 0.15) is 25.0 Å². The topological polar surface area (TPSA) is 43.6 Å². The van der Waals surface area contributed by atoms with Crippen molar-refractivity contribution in [2.24, 2.45) is 0 Å². The standard InChI is InChI=1S/C46H30N4S/c1-46(2)37-18-7-5-14-32(37)34-17-9-16-31(42(34)46)29-20-21-40-36(24-29)41-44(48-43(49-45(41)51-40)30-13-10-22-47-26-30)50-38-19-8-6-15-33(38)35-23-27-11-3-4-12-28(27)25-39(35)50/h3-26H,1-2H3. The fraction of sp³-hybridized carbons (Fsp3) is 0.0652. The smallest absolute Gasteiger partial charge is 0.164 e. The van der Waals surface area contributed by atoms with Gasteiger partial charge in [0.25, 0.3) is 0 Å². The second-order valence-electron chi connectivity index (χ2n) is 14.1. The summed E-state index contributed by atoms with van der Waals surface area (Å²) in [6.45, 7) is 4.72. The Morgan fingerprint density at radius 1 is 0.588 bits per heavy atom. The van der Waals surface area contributed by atoms with Crippen LogP contribution in [0.2, 0.25) is 0 Å². The molecule has 4 heterocycles. The molecule has 0 saturated heterocycles. The lowest BCUT2D eigenvalue weighted by atomic mass is 9.79. The van der Waals surface area contributed by atoms with Gasteiger partial charge >= 0.3 is 0 Å². The Balaban J connectivity index is 1.24. The van der Waals surface area contributed by atoms with Crippen molar-refractivity contribution in [2.45, 2.75) is 19.3 Å². The van der Waals surface area contributed by atoms with Gasteiger partial charge in [-0.05, 0) is 86.6 Å². The van der Waals surface area contributed by atoms with E-state index in [0.29, 0.717) is 5.82 Å². The van der Waals surface area contributed by atoms with Crippen LogP contribution in [-0.4, -0.2) is 19.5 Å². The van der Waals surface area contributed by atoms with Gasteiger partial charge in [-0.15, -0.1) is 11.3 Å². The highest BCUT2D eigenvalue weighted by Gasteiger charge is 2.37. The van der Waals surface area contributed by atoms with Crippen molar-refractivity contribution in [3.05, 3.63) is 157 Å². The normalized spacial score (nSPS) is 13.5. The summed E-state index contributed by atoms with van der Waals surface area (Å²) >= 11 is 1.73. The number of pyridine rings is 1. The second-order valence-corrected chi connectivity index (χ2v) is 15.1. The van der Waals surface area contributed by atoms with E-state index in [1.807, 2.05) is 18.3 Å². The molecule has 4 aromatic heterocycles. The Labute approximate surface area is 298 Å². The molecule has 6 aromatic carbocycles. The van der Waals surface area contributed by atoms with Crippen LogP contribution < -0.4 is 0 Å². The quantitative estimate of drug-likeness (QED) is 0.188. The molecule has 1 aliphatic carbocycles. The lowest BCUT2D eigenvalue weighted by molar-refractivity contribution is 0.662. The zero-order valence-electron chi connectivity index (χ0n) is 28.1. The van der Waals surface area contributed by atoms with Crippen molar-refractivity contribution >= 4 is 64.2 Å². The number of rotatable bonds is 3. The van der Waals surface area contributed by atoms with Crippen molar-refractivity contribution in [1.82, 2.24) is 19.5 Å².